The van der Waals surface area contributed by atoms with Gasteiger partial charge in [-0.1, -0.05) is 0 Å². The van der Waals surface area contributed by atoms with Gasteiger partial charge in [0, 0.05) is 4.88 Å². The molecule has 1 aromatic heterocycles. The van der Waals surface area contributed by atoms with E-state index in [0.29, 0.717) is 18.1 Å². The fourth-order valence-corrected chi connectivity index (χ4v) is 2.95. The molecular weight excluding hydrogens is 264 g/mol. The van der Waals surface area contributed by atoms with Crippen molar-refractivity contribution in [2.45, 2.75) is 45.5 Å². The molecule has 1 fully saturated rings. The summed E-state index contributed by atoms with van der Waals surface area (Å²) in [4.78, 5) is 13.4. The van der Waals surface area contributed by atoms with E-state index in [0.717, 1.165) is 12.8 Å². The molecule has 0 radical (unpaired) electrons. The van der Waals surface area contributed by atoms with Crippen LogP contribution in [0.2, 0.25) is 0 Å². The molecule has 0 bridgehead atoms. The number of hydrogen-bond donors (Lipinski definition) is 0. The van der Waals surface area contributed by atoms with Crippen LogP contribution in [0.15, 0.2) is 12.1 Å². The molecule has 0 amide bonds. The highest BCUT2D eigenvalue weighted by Crippen LogP contribution is 2.26. The lowest BCUT2D eigenvalue weighted by Gasteiger charge is -2.16. The minimum Gasteiger partial charge on any atom is -0.462 e. The van der Waals surface area contributed by atoms with Gasteiger partial charge in [-0.2, -0.15) is 0 Å². The number of thiophene rings is 1. The van der Waals surface area contributed by atoms with Crippen LogP contribution in [-0.2, 0) is 20.6 Å². The SMILES string of the molecule is CCOC(=O)c1ccc(CC[C@H]2COC(C)(C)O2)s1. The summed E-state index contributed by atoms with van der Waals surface area (Å²) in [7, 11) is 0. The van der Waals surface area contributed by atoms with Gasteiger partial charge in [-0.15, -0.1) is 11.3 Å². The van der Waals surface area contributed by atoms with Crippen LogP contribution in [0, 0.1) is 0 Å². The molecule has 1 atom stereocenters. The zero-order valence-corrected chi connectivity index (χ0v) is 12.4. The highest BCUT2D eigenvalue weighted by molar-refractivity contribution is 7.13. The Morgan fingerprint density at radius 2 is 2.32 bits per heavy atom. The third kappa shape index (κ3) is 4.03. The first-order valence-corrected chi connectivity index (χ1v) is 7.39. The van der Waals surface area contributed by atoms with Crippen molar-refractivity contribution in [1.82, 2.24) is 0 Å². The molecule has 0 aliphatic carbocycles. The van der Waals surface area contributed by atoms with Crippen LogP contribution in [-0.4, -0.2) is 31.1 Å². The van der Waals surface area contributed by atoms with E-state index in [4.69, 9.17) is 14.2 Å². The summed E-state index contributed by atoms with van der Waals surface area (Å²) in [6.07, 6.45) is 1.95. The molecule has 5 heteroatoms. The van der Waals surface area contributed by atoms with Crippen LogP contribution < -0.4 is 0 Å². The molecule has 106 valence electrons. The van der Waals surface area contributed by atoms with Gasteiger partial charge in [0.15, 0.2) is 5.79 Å². The second kappa shape index (κ2) is 6.03. The third-order valence-corrected chi connectivity index (χ3v) is 4.04. The molecule has 1 saturated heterocycles. The zero-order chi connectivity index (χ0) is 13.9. The number of hydrogen-bond acceptors (Lipinski definition) is 5. The molecule has 1 aliphatic rings. The van der Waals surface area contributed by atoms with Crippen molar-refractivity contribution in [3.05, 3.63) is 21.9 Å². The van der Waals surface area contributed by atoms with Gasteiger partial charge in [-0.3, -0.25) is 0 Å². The average molecular weight is 284 g/mol. The van der Waals surface area contributed by atoms with Crippen molar-refractivity contribution in [3.8, 4) is 0 Å². The number of carbonyl (C=O) groups excluding carboxylic acids is 1. The Morgan fingerprint density at radius 1 is 1.53 bits per heavy atom. The van der Waals surface area contributed by atoms with Gasteiger partial charge in [-0.05, 0) is 45.7 Å². The third-order valence-electron chi connectivity index (χ3n) is 2.92. The Morgan fingerprint density at radius 3 is 2.95 bits per heavy atom. The van der Waals surface area contributed by atoms with Gasteiger partial charge < -0.3 is 14.2 Å². The molecule has 1 aromatic rings. The minimum atomic E-state index is -0.462. The fourth-order valence-electron chi connectivity index (χ4n) is 2.03. The van der Waals surface area contributed by atoms with Gasteiger partial charge in [0.2, 0.25) is 0 Å². The first kappa shape index (κ1) is 14.5. The lowest BCUT2D eigenvalue weighted by Crippen LogP contribution is -2.21. The average Bonchev–Trinajstić information content (AvgIpc) is 2.93. The molecule has 0 unspecified atom stereocenters. The number of esters is 1. The van der Waals surface area contributed by atoms with Crippen LogP contribution >= 0.6 is 11.3 Å². The van der Waals surface area contributed by atoms with E-state index in [9.17, 15) is 4.79 Å². The minimum absolute atomic E-state index is 0.142. The lowest BCUT2D eigenvalue weighted by atomic mass is 10.2. The van der Waals surface area contributed by atoms with Gasteiger partial charge in [-0.25, -0.2) is 4.79 Å². The summed E-state index contributed by atoms with van der Waals surface area (Å²) in [5, 5.41) is 0. The Labute approximate surface area is 117 Å². The molecule has 19 heavy (non-hydrogen) atoms. The molecular formula is C14H20O4S. The number of carbonyl (C=O) groups is 1. The Kier molecular flexibility index (Phi) is 4.60. The van der Waals surface area contributed by atoms with Crippen molar-refractivity contribution in [2.75, 3.05) is 13.2 Å². The number of ether oxygens (including phenoxy) is 3. The van der Waals surface area contributed by atoms with E-state index in [-0.39, 0.29) is 12.1 Å². The van der Waals surface area contributed by atoms with E-state index in [1.807, 2.05) is 32.9 Å². The number of rotatable bonds is 5. The maximum absolute atomic E-state index is 11.5. The van der Waals surface area contributed by atoms with Crippen molar-refractivity contribution >= 4 is 17.3 Å². The molecule has 1 aliphatic heterocycles. The van der Waals surface area contributed by atoms with Gasteiger partial charge >= 0.3 is 5.97 Å². The summed E-state index contributed by atoms with van der Waals surface area (Å²) in [6, 6.07) is 3.81. The van der Waals surface area contributed by atoms with E-state index in [2.05, 4.69) is 0 Å². The Hall–Kier alpha value is -0.910. The monoisotopic (exact) mass is 284 g/mol. The molecule has 2 rings (SSSR count). The standard InChI is InChI=1S/C14H20O4S/c1-4-16-13(15)12-8-7-11(19-12)6-5-10-9-17-14(2,3)18-10/h7-8,10H,4-6,9H2,1-3H3/t10-/m0/s1. The van der Waals surface area contributed by atoms with Crippen LogP contribution in [0.3, 0.4) is 0 Å². The first-order valence-electron chi connectivity index (χ1n) is 6.58. The predicted octanol–water partition coefficient (Wildman–Crippen LogP) is 3.01. The van der Waals surface area contributed by atoms with Gasteiger partial charge in [0.25, 0.3) is 0 Å². The predicted molar refractivity (Wildman–Crippen MR) is 73.5 cm³/mol. The molecule has 2 heterocycles. The van der Waals surface area contributed by atoms with E-state index >= 15 is 0 Å². The maximum atomic E-state index is 11.5. The zero-order valence-electron chi connectivity index (χ0n) is 11.6. The van der Waals surface area contributed by atoms with Gasteiger partial charge in [0.1, 0.15) is 4.88 Å². The maximum Gasteiger partial charge on any atom is 0.348 e. The topological polar surface area (TPSA) is 44.8 Å². The second-order valence-electron chi connectivity index (χ2n) is 4.98. The molecule has 4 nitrogen and oxygen atoms in total. The lowest BCUT2D eigenvalue weighted by molar-refractivity contribution is -0.138. The molecule has 0 spiro atoms. The molecule has 0 aromatic carbocycles. The van der Waals surface area contributed by atoms with Crippen LogP contribution in [0.4, 0.5) is 0 Å². The summed E-state index contributed by atoms with van der Waals surface area (Å²) in [6.45, 7) is 6.72. The van der Waals surface area contributed by atoms with Crippen molar-refractivity contribution < 1.29 is 19.0 Å². The normalized spacial score (nSPS) is 21.5. The molecule has 0 saturated carbocycles. The fraction of sp³-hybridized carbons (Fsp3) is 0.643. The highest BCUT2D eigenvalue weighted by atomic mass is 32.1. The Bertz CT molecular complexity index is 438. The summed E-state index contributed by atoms with van der Waals surface area (Å²) in [5.41, 5.74) is 0. The van der Waals surface area contributed by atoms with Crippen LogP contribution in [0.25, 0.3) is 0 Å². The van der Waals surface area contributed by atoms with Crippen LogP contribution in [0.1, 0.15) is 41.7 Å². The molecule has 0 N–H and O–H groups in total. The van der Waals surface area contributed by atoms with E-state index < -0.39 is 5.79 Å². The highest BCUT2D eigenvalue weighted by Gasteiger charge is 2.32. The first-order chi connectivity index (χ1) is 9.00. The second-order valence-corrected chi connectivity index (χ2v) is 6.14. The van der Waals surface area contributed by atoms with E-state index in [1.165, 1.54) is 16.2 Å². The van der Waals surface area contributed by atoms with Crippen molar-refractivity contribution in [3.63, 3.8) is 0 Å². The largest absolute Gasteiger partial charge is 0.462 e. The van der Waals surface area contributed by atoms with Crippen LogP contribution in [0.5, 0.6) is 0 Å². The summed E-state index contributed by atoms with van der Waals surface area (Å²) in [5.74, 6) is -0.698. The van der Waals surface area contributed by atoms with E-state index in [1.54, 1.807) is 0 Å². The number of aryl methyl sites for hydroxylation is 1. The smallest absolute Gasteiger partial charge is 0.348 e. The van der Waals surface area contributed by atoms with Gasteiger partial charge in [0.05, 0.1) is 19.3 Å². The van der Waals surface area contributed by atoms with Crippen molar-refractivity contribution in [1.29, 1.82) is 0 Å². The van der Waals surface area contributed by atoms with Crippen molar-refractivity contribution in [2.24, 2.45) is 0 Å². The Balaban J connectivity index is 1.82. The summed E-state index contributed by atoms with van der Waals surface area (Å²) < 4.78 is 16.3. The summed E-state index contributed by atoms with van der Waals surface area (Å²) >= 11 is 1.49. The quantitative estimate of drug-likeness (QED) is 0.780.